The summed E-state index contributed by atoms with van der Waals surface area (Å²) in [4.78, 5) is 0. The van der Waals surface area contributed by atoms with E-state index in [4.69, 9.17) is 27.9 Å². The summed E-state index contributed by atoms with van der Waals surface area (Å²) in [5, 5.41) is 4.62. The zero-order chi connectivity index (χ0) is 12.3. The molecule has 1 aliphatic heterocycles. The van der Waals surface area contributed by atoms with Crippen molar-refractivity contribution in [1.82, 2.24) is 5.32 Å². The zero-order valence-corrected chi connectivity index (χ0v) is 12.4. The number of hydrogen-bond acceptors (Lipinski definition) is 2. The number of benzene rings is 1. The average molecular weight is 339 g/mol. The molecule has 1 heterocycles. The minimum atomic E-state index is 0.419. The van der Waals surface area contributed by atoms with E-state index in [1.807, 2.05) is 0 Å². The highest BCUT2D eigenvalue weighted by atomic mass is 79.9. The predicted octanol–water partition coefficient (Wildman–Crippen LogP) is 4.28. The van der Waals surface area contributed by atoms with Crippen LogP contribution in [-0.4, -0.2) is 19.2 Å². The topological polar surface area (TPSA) is 21.3 Å². The minimum Gasteiger partial charge on any atom is -0.490 e. The zero-order valence-electron chi connectivity index (χ0n) is 9.31. The summed E-state index contributed by atoms with van der Waals surface area (Å²) in [6, 6.07) is 3.92. The van der Waals surface area contributed by atoms with Crippen LogP contribution in [0.1, 0.15) is 19.3 Å². The second-order valence-corrected chi connectivity index (χ2v) is 5.82. The van der Waals surface area contributed by atoms with Gasteiger partial charge in [-0.1, -0.05) is 29.6 Å². The molecule has 1 unspecified atom stereocenters. The monoisotopic (exact) mass is 337 g/mol. The van der Waals surface area contributed by atoms with Gasteiger partial charge in [-0.15, -0.1) is 0 Å². The van der Waals surface area contributed by atoms with Crippen molar-refractivity contribution >= 4 is 39.1 Å². The van der Waals surface area contributed by atoms with Gasteiger partial charge in [0.1, 0.15) is 12.4 Å². The van der Waals surface area contributed by atoms with Crippen LogP contribution >= 0.6 is 39.1 Å². The van der Waals surface area contributed by atoms with E-state index in [9.17, 15) is 0 Å². The van der Waals surface area contributed by atoms with Gasteiger partial charge in [-0.2, -0.15) is 0 Å². The predicted molar refractivity (Wildman–Crippen MR) is 75.3 cm³/mol. The molecule has 17 heavy (non-hydrogen) atoms. The van der Waals surface area contributed by atoms with Crippen LogP contribution in [0.4, 0.5) is 0 Å². The summed E-state index contributed by atoms with van der Waals surface area (Å²) in [5.74, 6) is 0.646. The Labute approximate surface area is 120 Å². The number of hydrogen-bond donors (Lipinski definition) is 1. The van der Waals surface area contributed by atoms with Gasteiger partial charge in [0.2, 0.25) is 0 Å². The van der Waals surface area contributed by atoms with E-state index in [2.05, 4.69) is 21.2 Å². The third kappa shape index (κ3) is 3.75. The standard InChI is InChI=1S/C12H14BrCl2NO/c13-9-5-11(15)12(6-10(9)14)17-7-8-3-1-2-4-16-8/h5-6,8,16H,1-4,7H2. The van der Waals surface area contributed by atoms with Crippen molar-refractivity contribution in [3.05, 3.63) is 26.7 Å². The molecule has 1 aromatic carbocycles. The Balaban J connectivity index is 1.96. The van der Waals surface area contributed by atoms with Crippen LogP contribution in [0.5, 0.6) is 5.75 Å². The Bertz CT molecular complexity index is 394. The van der Waals surface area contributed by atoms with Gasteiger partial charge in [0.15, 0.2) is 0 Å². The van der Waals surface area contributed by atoms with Crippen molar-refractivity contribution in [2.75, 3.05) is 13.2 Å². The van der Waals surface area contributed by atoms with Crippen molar-refractivity contribution in [2.45, 2.75) is 25.3 Å². The van der Waals surface area contributed by atoms with Crippen molar-refractivity contribution < 1.29 is 4.74 Å². The largest absolute Gasteiger partial charge is 0.490 e. The third-order valence-corrected chi connectivity index (χ3v) is 4.32. The first-order valence-electron chi connectivity index (χ1n) is 5.67. The molecule has 1 fully saturated rings. The molecule has 0 spiro atoms. The van der Waals surface area contributed by atoms with Gasteiger partial charge in [0.05, 0.1) is 10.0 Å². The molecule has 1 saturated heterocycles. The maximum absolute atomic E-state index is 6.09. The molecule has 1 aromatic rings. The first-order valence-corrected chi connectivity index (χ1v) is 7.22. The summed E-state index contributed by atoms with van der Waals surface area (Å²) in [6.45, 7) is 1.71. The summed E-state index contributed by atoms with van der Waals surface area (Å²) in [5.41, 5.74) is 0. The Morgan fingerprint density at radius 3 is 2.82 bits per heavy atom. The molecule has 0 saturated carbocycles. The van der Waals surface area contributed by atoms with Gasteiger partial charge in [-0.3, -0.25) is 0 Å². The van der Waals surface area contributed by atoms with Gasteiger partial charge >= 0.3 is 0 Å². The van der Waals surface area contributed by atoms with Crippen LogP contribution in [0.3, 0.4) is 0 Å². The molecule has 0 aromatic heterocycles. The molecule has 0 amide bonds. The fourth-order valence-electron chi connectivity index (χ4n) is 1.87. The van der Waals surface area contributed by atoms with Crippen LogP contribution in [0.25, 0.3) is 0 Å². The lowest BCUT2D eigenvalue weighted by molar-refractivity contribution is 0.239. The van der Waals surface area contributed by atoms with E-state index >= 15 is 0 Å². The van der Waals surface area contributed by atoms with E-state index in [0.29, 0.717) is 28.4 Å². The van der Waals surface area contributed by atoms with Crippen LogP contribution < -0.4 is 10.1 Å². The van der Waals surface area contributed by atoms with E-state index < -0.39 is 0 Å². The maximum Gasteiger partial charge on any atom is 0.139 e. The van der Waals surface area contributed by atoms with Crippen LogP contribution in [0.2, 0.25) is 10.0 Å². The Hall–Kier alpha value is 0.0400. The summed E-state index contributed by atoms with van der Waals surface area (Å²) >= 11 is 15.4. The Kier molecular flexibility index (Phi) is 4.97. The number of nitrogens with one attached hydrogen (secondary N) is 1. The van der Waals surface area contributed by atoms with Gasteiger partial charge in [0, 0.05) is 16.6 Å². The number of ether oxygens (including phenoxy) is 1. The molecular formula is C12H14BrCl2NO. The van der Waals surface area contributed by atoms with Gasteiger partial charge in [-0.25, -0.2) is 0 Å². The molecule has 1 atom stereocenters. The molecule has 2 rings (SSSR count). The highest BCUT2D eigenvalue weighted by Gasteiger charge is 2.14. The molecule has 1 aliphatic rings. The Morgan fingerprint density at radius 2 is 2.12 bits per heavy atom. The van der Waals surface area contributed by atoms with E-state index in [-0.39, 0.29) is 0 Å². The average Bonchev–Trinajstić information content (AvgIpc) is 2.33. The molecule has 5 heteroatoms. The molecule has 94 valence electrons. The molecule has 1 N–H and O–H groups in total. The van der Waals surface area contributed by atoms with Gasteiger partial charge in [-0.05, 0) is 41.4 Å². The Morgan fingerprint density at radius 1 is 1.29 bits per heavy atom. The van der Waals surface area contributed by atoms with Gasteiger partial charge in [0.25, 0.3) is 0 Å². The summed E-state index contributed by atoms with van der Waals surface area (Å²) < 4.78 is 6.50. The highest BCUT2D eigenvalue weighted by molar-refractivity contribution is 9.10. The number of halogens is 3. The summed E-state index contributed by atoms with van der Waals surface area (Å²) in [7, 11) is 0. The van der Waals surface area contributed by atoms with Crippen LogP contribution in [0.15, 0.2) is 16.6 Å². The first-order chi connectivity index (χ1) is 8.16. The third-order valence-electron chi connectivity index (χ3n) is 2.83. The fraction of sp³-hybridized carbons (Fsp3) is 0.500. The lowest BCUT2D eigenvalue weighted by Crippen LogP contribution is -2.38. The van der Waals surface area contributed by atoms with Gasteiger partial charge < -0.3 is 10.1 Å². The number of rotatable bonds is 3. The summed E-state index contributed by atoms with van der Waals surface area (Å²) in [6.07, 6.45) is 3.67. The quantitative estimate of drug-likeness (QED) is 0.831. The van der Waals surface area contributed by atoms with Crippen LogP contribution in [-0.2, 0) is 0 Å². The second kappa shape index (κ2) is 6.28. The SMILES string of the molecule is Clc1cc(OCC2CCCCN2)c(Cl)cc1Br. The molecule has 0 aliphatic carbocycles. The van der Waals surface area contributed by atoms with E-state index in [1.54, 1.807) is 12.1 Å². The number of piperidine rings is 1. The molecular weight excluding hydrogens is 325 g/mol. The lowest BCUT2D eigenvalue weighted by Gasteiger charge is -2.23. The molecule has 0 bridgehead atoms. The molecule has 0 radical (unpaired) electrons. The van der Waals surface area contributed by atoms with Crippen molar-refractivity contribution in [2.24, 2.45) is 0 Å². The second-order valence-electron chi connectivity index (χ2n) is 4.15. The van der Waals surface area contributed by atoms with Crippen molar-refractivity contribution in [3.63, 3.8) is 0 Å². The lowest BCUT2D eigenvalue weighted by atomic mass is 10.1. The van der Waals surface area contributed by atoms with Crippen molar-refractivity contribution in [3.8, 4) is 5.75 Å². The highest BCUT2D eigenvalue weighted by Crippen LogP contribution is 2.34. The van der Waals surface area contributed by atoms with E-state index in [0.717, 1.165) is 17.4 Å². The van der Waals surface area contributed by atoms with E-state index in [1.165, 1.54) is 12.8 Å². The first kappa shape index (κ1) is 13.5. The smallest absolute Gasteiger partial charge is 0.139 e. The molecule has 2 nitrogen and oxygen atoms in total. The fourth-order valence-corrected chi connectivity index (χ4v) is 2.72. The van der Waals surface area contributed by atoms with Crippen LogP contribution in [0, 0.1) is 0 Å². The minimum absolute atomic E-state index is 0.419. The van der Waals surface area contributed by atoms with Crippen molar-refractivity contribution in [1.29, 1.82) is 0 Å². The maximum atomic E-state index is 6.09. The normalized spacial score (nSPS) is 20.3.